The minimum atomic E-state index is -0.130. The predicted octanol–water partition coefficient (Wildman–Crippen LogP) is 3.20. The molecule has 0 radical (unpaired) electrons. The minimum Gasteiger partial charge on any atom is -0.465 e. The zero-order valence-corrected chi connectivity index (χ0v) is 13.5. The van der Waals surface area contributed by atoms with Gasteiger partial charge in [0.2, 0.25) is 0 Å². The van der Waals surface area contributed by atoms with Gasteiger partial charge in [0, 0.05) is 11.8 Å². The molecule has 0 aliphatic carbocycles. The Morgan fingerprint density at radius 3 is 2.50 bits per heavy atom. The van der Waals surface area contributed by atoms with Crippen LogP contribution < -0.4 is 5.32 Å². The van der Waals surface area contributed by atoms with Crippen LogP contribution in [0.2, 0.25) is 0 Å². The van der Waals surface area contributed by atoms with Crippen LogP contribution >= 0.6 is 11.8 Å². The fourth-order valence-corrected chi connectivity index (χ4v) is 2.88. The van der Waals surface area contributed by atoms with Gasteiger partial charge < -0.3 is 10.1 Å². The topological polar surface area (TPSA) is 38.3 Å². The van der Waals surface area contributed by atoms with Crippen LogP contribution in [0.3, 0.4) is 0 Å². The number of ether oxygens (including phenoxy) is 1. The molecule has 4 heteroatoms. The predicted molar refractivity (Wildman–Crippen MR) is 86.2 cm³/mol. The van der Waals surface area contributed by atoms with E-state index in [1.165, 1.54) is 11.1 Å². The Morgan fingerprint density at radius 2 is 1.95 bits per heavy atom. The number of aryl methyl sites for hydroxylation is 1. The molecule has 0 heterocycles. The van der Waals surface area contributed by atoms with Gasteiger partial charge in [-0.25, -0.2) is 0 Å². The fraction of sp³-hybridized carbons (Fsp3) is 0.562. The van der Waals surface area contributed by atoms with Crippen LogP contribution in [0.4, 0.5) is 0 Å². The van der Waals surface area contributed by atoms with Crippen LogP contribution in [-0.2, 0) is 16.0 Å². The second-order valence-electron chi connectivity index (χ2n) is 4.53. The standard InChI is InChI=1S/C16H25NO2S/c1-4-13-7-9-14(10-8-13)15(17-5-2)11-20-12-16(18)19-6-3/h7-10,15,17H,4-6,11-12H2,1-3H3. The monoisotopic (exact) mass is 295 g/mol. The molecular weight excluding hydrogens is 270 g/mol. The Kier molecular flexibility index (Phi) is 8.38. The molecule has 1 unspecified atom stereocenters. The van der Waals surface area contributed by atoms with E-state index in [1.807, 2.05) is 6.92 Å². The van der Waals surface area contributed by atoms with Gasteiger partial charge in [-0.2, -0.15) is 0 Å². The number of hydrogen-bond donors (Lipinski definition) is 1. The first-order chi connectivity index (χ1) is 9.71. The lowest BCUT2D eigenvalue weighted by atomic mass is 10.1. The molecule has 0 saturated carbocycles. The van der Waals surface area contributed by atoms with Gasteiger partial charge in [-0.15, -0.1) is 11.8 Å². The van der Waals surface area contributed by atoms with Crippen molar-refractivity contribution >= 4 is 17.7 Å². The molecule has 1 N–H and O–H groups in total. The highest BCUT2D eigenvalue weighted by molar-refractivity contribution is 7.99. The molecule has 1 rings (SSSR count). The summed E-state index contributed by atoms with van der Waals surface area (Å²) in [6, 6.07) is 8.99. The smallest absolute Gasteiger partial charge is 0.315 e. The van der Waals surface area contributed by atoms with Gasteiger partial charge in [-0.05, 0) is 31.0 Å². The molecule has 1 aromatic carbocycles. The third kappa shape index (κ3) is 5.97. The van der Waals surface area contributed by atoms with E-state index < -0.39 is 0 Å². The lowest BCUT2D eigenvalue weighted by Gasteiger charge is -2.18. The van der Waals surface area contributed by atoms with E-state index in [4.69, 9.17) is 4.74 Å². The number of hydrogen-bond acceptors (Lipinski definition) is 4. The van der Waals surface area contributed by atoms with Crippen molar-refractivity contribution in [2.75, 3.05) is 24.7 Å². The van der Waals surface area contributed by atoms with Crippen LogP contribution in [0.1, 0.15) is 37.9 Å². The highest BCUT2D eigenvalue weighted by Crippen LogP contribution is 2.19. The normalized spacial score (nSPS) is 12.2. The largest absolute Gasteiger partial charge is 0.465 e. The van der Waals surface area contributed by atoms with Crippen LogP contribution in [0.15, 0.2) is 24.3 Å². The fourth-order valence-electron chi connectivity index (χ4n) is 1.97. The summed E-state index contributed by atoms with van der Waals surface area (Å²) in [7, 11) is 0. The van der Waals surface area contributed by atoms with Crippen molar-refractivity contribution in [1.82, 2.24) is 5.32 Å². The van der Waals surface area contributed by atoms with E-state index >= 15 is 0 Å². The highest BCUT2D eigenvalue weighted by atomic mass is 32.2. The van der Waals surface area contributed by atoms with Crippen LogP contribution in [-0.4, -0.2) is 30.6 Å². The average molecular weight is 295 g/mol. The summed E-state index contributed by atoms with van der Waals surface area (Å²) in [4.78, 5) is 11.3. The van der Waals surface area contributed by atoms with E-state index in [-0.39, 0.29) is 12.0 Å². The van der Waals surface area contributed by atoms with Gasteiger partial charge in [0.25, 0.3) is 0 Å². The zero-order valence-electron chi connectivity index (χ0n) is 12.6. The summed E-state index contributed by atoms with van der Waals surface area (Å²) in [6.07, 6.45) is 1.06. The molecule has 0 aliphatic heterocycles. The number of esters is 1. The first kappa shape index (κ1) is 17.1. The maximum atomic E-state index is 11.3. The molecule has 0 spiro atoms. The van der Waals surface area contributed by atoms with E-state index in [2.05, 4.69) is 43.4 Å². The molecule has 0 saturated heterocycles. The quantitative estimate of drug-likeness (QED) is 0.710. The lowest BCUT2D eigenvalue weighted by Crippen LogP contribution is -2.23. The van der Waals surface area contributed by atoms with E-state index in [1.54, 1.807) is 11.8 Å². The van der Waals surface area contributed by atoms with Gasteiger partial charge in [-0.3, -0.25) is 4.79 Å². The van der Waals surface area contributed by atoms with Crippen molar-refractivity contribution < 1.29 is 9.53 Å². The first-order valence-electron chi connectivity index (χ1n) is 7.26. The summed E-state index contributed by atoms with van der Waals surface area (Å²) in [5.41, 5.74) is 2.63. The van der Waals surface area contributed by atoms with Crippen LogP contribution in [0, 0.1) is 0 Å². The summed E-state index contributed by atoms with van der Waals surface area (Å²) in [6.45, 7) is 7.46. The molecule has 20 heavy (non-hydrogen) atoms. The van der Waals surface area contributed by atoms with Gasteiger partial charge in [0.05, 0.1) is 12.4 Å². The average Bonchev–Trinajstić information content (AvgIpc) is 2.47. The molecule has 0 bridgehead atoms. The van der Waals surface area contributed by atoms with Crippen LogP contribution in [0.5, 0.6) is 0 Å². The number of benzene rings is 1. The number of carbonyl (C=O) groups is 1. The zero-order chi connectivity index (χ0) is 14.8. The minimum absolute atomic E-state index is 0.130. The molecule has 3 nitrogen and oxygen atoms in total. The maximum absolute atomic E-state index is 11.3. The van der Waals surface area contributed by atoms with E-state index in [0.29, 0.717) is 12.4 Å². The molecule has 0 amide bonds. The Hall–Kier alpha value is -1.00. The van der Waals surface area contributed by atoms with Crippen molar-refractivity contribution in [2.24, 2.45) is 0 Å². The number of carbonyl (C=O) groups excluding carboxylic acids is 1. The third-order valence-corrected chi connectivity index (χ3v) is 4.06. The molecule has 0 aliphatic rings. The van der Waals surface area contributed by atoms with Crippen LogP contribution in [0.25, 0.3) is 0 Å². The van der Waals surface area contributed by atoms with Gasteiger partial charge in [0.1, 0.15) is 0 Å². The van der Waals surface area contributed by atoms with Gasteiger partial charge in [0.15, 0.2) is 0 Å². The van der Waals surface area contributed by atoms with E-state index in [0.717, 1.165) is 18.7 Å². The second kappa shape index (κ2) is 9.83. The molecule has 1 aromatic rings. The second-order valence-corrected chi connectivity index (χ2v) is 5.56. The summed E-state index contributed by atoms with van der Waals surface area (Å²) in [5, 5.41) is 3.47. The third-order valence-electron chi connectivity index (χ3n) is 3.05. The number of rotatable bonds is 9. The van der Waals surface area contributed by atoms with Crippen molar-refractivity contribution in [3.05, 3.63) is 35.4 Å². The number of thioether (sulfide) groups is 1. The molecule has 1 atom stereocenters. The summed E-state index contributed by atoms with van der Waals surface area (Å²) in [5.74, 6) is 1.16. The Balaban J connectivity index is 2.52. The molecular formula is C16H25NO2S. The van der Waals surface area contributed by atoms with Crippen molar-refractivity contribution in [2.45, 2.75) is 33.2 Å². The molecule has 0 fully saturated rings. The molecule has 0 aromatic heterocycles. The molecule has 112 valence electrons. The SMILES string of the molecule is CCNC(CSCC(=O)OCC)c1ccc(CC)cc1. The van der Waals surface area contributed by atoms with Crippen molar-refractivity contribution in [1.29, 1.82) is 0 Å². The Labute approximate surface area is 126 Å². The first-order valence-corrected chi connectivity index (χ1v) is 8.42. The lowest BCUT2D eigenvalue weighted by molar-refractivity contribution is -0.139. The summed E-state index contributed by atoms with van der Waals surface area (Å²) >= 11 is 1.62. The summed E-state index contributed by atoms with van der Waals surface area (Å²) < 4.78 is 4.94. The van der Waals surface area contributed by atoms with E-state index in [9.17, 15) is 4.79 Å². The number of nitrogens with one attached hydrogen (secondary N) is 1. The Morgan fingerprint density at radius 1 is 1.25 bits per heavy atom. The van der Waals surface area contributed by atoms with Gasteiger partial charge >= 0.3 is 5.97 Å². The maximum Gasteiger partial charge on any atom is 0.315 e. The Bertz CT molecular complexity index is 392. The van der Waals surface area contributed by atoms with Gasteiger partial charge in [-0.1, -0.05) is 38.1 Å². The highest BCUT2D eigenvalue weighted by Gasteiger charge is 2.11. The van der Waals surface area contributed by atoms with Crippen molar-refractivity contribution in [3.8, 4) is 0 Å². The van der Waals surface area contributed by atoms with Crippen molar-refractivity contribution in [3.63, 3.8) is 0 Å².